The van der Waals surface area contributed by atoms with E-state index in [1.165, 1.54) is 67.8 Å². The molecule has 2 aliphatic carbocycles. The maximum Gasteiger partial charge on any atom is 0.0888 e. The van der Waals surface area contributed by atoms with E-state index in [1.54, 1.807) is 5.56 Å². The largest absolute Gasteiger partial charge is 1.00 e. The first-order valence-corrected chi connectivity index (χ1v) is 12.3. The van der Waals surface area contributed by atoms with Crippen LogP contribution in [0.4, 0.5) is 0 Å². The molecule has 0 unspecified atom stereocenters. The normalized spacial score (nSPS) is 26.9. The van der Waals surface area contributed by atoms with Crippen molar-refractivity contribution in [2.75, 3.05) is 14.1 Å². The number of nitrogens with zero attached hydrogens (tertiary/aromatic N) is 1. The van der Waals surface area contributed by atoms with E-state index >= 15 is 0 Å². The van der Waals surface area contributed by atoms with Gasteiger partial charge >= 0.3 is 0 Å². The fourth-order valence-electron chi connectivity index (χ4n) is 6.57. The highest BCUT2D eigenvalue weighted by Crippen LogP contribution is 2.53. The van der Waals surface area contributed by atoms with Crippen LogP contribution in [-0.2, 0) is 10.8 Å². The zero-order valence-corrected chi connectivity index (χ0v) is 23.3. The van der Waals surface area contributed by atoms with Gasteiger partial charge in [0.1, 0.15) is 0 Å². The van der Waals surface area contributed by atoms with Crippen LogP contribution in [-0.4, -0.2) is 30.7 Å². The third kappa shape index (κ3) is 5.11. The molecule has 1 aromatic carbocycles. The molecule has 1 nitrogen and oxygen atoms in total. The Kier molecular flexibility index (Phi) is 8.21. The SMILES string of the molecule is CC(C)(C)c1ccc(C2(C(C)(C)C)CCC([N+](C)(C)C3CCCCC3)CC2)cc1.[I-]. The number of quaternary nitrogens is 1. The maximum absolute atomic E-state index is 2.54. The van der Waals surface area contributed by atoms with Gasteiger partial charge < -0.3 is 28.5 Å². The highest BCUT2D eigenvalue weighted by atomic mass is 127. The first kappa shape index (κ1) is 26.2. The van der Waals surface area contributed by atoms with E-state index in [1.807, 2.05) is 0 Å². The van der Waals surface area contributed by atoms with Gasteiger partial charge in [0.2, 0.25) is 0 Å². The van der Waals surface area contributed by atoms with Gasteiger partial charge in [-0.3, -0.25) is 0 Å². The molecule has 0 atom stereocenters. The highest BCUT2D eigenvalue weighted by molar-refractivity contribution is 5.34. The molecule has 0 radical (unpaired) electrons. The molecule has 0 heterocycles. The fourth-order valence-corrected chi connectivity index (χ4v) is 6.57. The number of hydrogen-bond acceptors (Lipinski definition) is 0. The van der Waals surface area contributed by atoms with Gasteiger partial charge in [0.05, 0.1) is 26.2 Å². The minimum Gasteiger partial charge on any atom is -1.00 e. The average Bonchev–Trinajstić information content (AvgIpc) is 2.67. The first-order chi connectivity index (χ1) is 13.4. The van der Waals surface area contributed by atoms with Gasteiger partial charge in [-0.15, -0.1) is 0 Å². The highest BCUT2D eigenvalue weighted by Gasteiger charge is 2.49. The van der Waals surface area contributed by atoms with Crippen molar-refractivity contribution >= 4 is 0 Å². The minimum atomic E-state index is 0. The molecular formula is C28H48IN. The van der Waals surface area contributed by atoms with Crippen LogP contribution in [0.15, 0.2) is 24.3 Å². The molecule has 3 rings (SSSR count). The Bertz CT molecular complexity index is 660. The van der Waals surface area contributed by atoms with Gasteiger partial charge in [0.15, 0.2) is 0 Å². The summed E-state index contributed by atoms with van der Waals surface area (Å²) in [6.07, 6.45) is 12.7. The molecule has 1 aromatic rings. The van der Waals surface area contributed by atoms with Gasteiger partial charge in [-0.1, -0.05) is 72.2 Å². The molecule has 172 valence electrons. The third-order valence-electron chi connectivity index (χ3n) is 9.00. The van der Waals surface area contributed by atoms with E-state index in [-0.39, 0.29) is 29.4 Å². The van der Waals surface area contributed by atoms with E-state index in [0.29, 0.717) is 10.8 Å². The monoisotopic (exact) mass is 525 g/mol. The number of rotatable bonds is 3. The smallest absolute Gasteiger partial charge is 0.0888 e. The Morgan fingerprint density at radius 1 is 0.733 bits per heavy atom. The second-order valence-corrected chi connectivity index (χ2v) is 12.8. The van der Waals surface area contributed by atoms with E-state index in [9.17, 15) is 0 Å². The number of halogens is 1. The van der Waals surface area contributed by atoms with Crippen molar-refractivity contribution in [2.24, 2.45) is 5.41 Å². The van der Waals surface area contributed by atoms with E-state index in [0.717, 1.165) is 12.1 Å². The van der Waals surface area contributed by atoms with Gasteiger partial charge in [0.25, 0.3) is 0 Å². The van der Waals surface area contributed by atoms with Crippen molar-refractivity contribution in [2.45, 2.75) is 122 Å². The molecule has 0 saturated heterocycles. The predicted molar refractivity (Wildman–Crippen MR) is 128 cm³/mol. The minimum absolute atomic E-state index is 0. The fraction of sp³-hybridized carbons (Fsp3) is 0.786. The lowest BCUT2D eigenvalue weighted by Crippen LogP contribution is -3.00. The molecule has 2 saturated carbocycles. The predicted octanol–water partition coefficient (Wildman–Crippen LogP) is 4.62. The van der Waals surface area contributed by atoms with Gasteiger partial charge in [-0.2, -0.15) is 0 Å². The van der Waals surface area contributed by atoms with Crippen LogP contribution < -0.4 is 24.0 Å². The second-order valence-electron chi connectivity index (χ2n) is 12.8. The van der Waals surface area contributed by atoms with Crippen LogP contribution in [0.25, 0.3) is 0 Å². The second kappa shape index (κ2) is 9.41. The van der Waals surface area contributed by atoms with E-state index in [2.05, 4.69) is 79.9 Å². The summed E-state index contributed by atoms with van der Waals surface area (Å²) in [5, 5.41) is 0. The van der Waals surface area contributed by atoms with Gasteiger partial charge in [-0.25, -0.2) is 0 Å². The average molecular weight is 526 g/mol. The summed E-state index contributed by atoms with van der Waals surface area (Å²) in [7, 11) is 5.09. The van der Waals surface area contributed by atoms with E-state index in [4.69, 9.17) is 0 Å². The first-order valence-electron chi connectivity index (χ1n) is 12.3. The molecule has 2 heteroatoms. The van der Waals surface area contributed by atoms with Crippen molar-refractivity contribution in [3.63, 3.8) is 0 Å². The molecule has 30 heavy (non-hydrogen) atoms. The van der Waals surface area contributed by atoms with Crippen molar-refractivity contribution in [3.8, 4) is 0 Å². The Morgan fingerprint density at radius 2 is 1.20 bits per heavy atom. The molecule has 0 amide bonds. The molecular weight excluding hydrogens is 477 g/mol. The summed E-state index contributed by atoms with van der Waals surface area (Å²) in [5.41, 5.74) is 3.87. The Labute approximate surface area is 205 Å². The van der Waals surface area contributed by atoms with Crippen LogP contribution in [0.5, 0.6) is 0 Å². The lowest BCUT2D eigenvalue weighted by atomic mass is 9.55. The topological polar surface area (TPSA) is 0 Å². The lowest BCUT2D eigenvalue weighted by molar-refractivity contribution is -0.941. The van der Waals surface area contributed by atoms with Gasteiger partial charge in [0, 0.05) is 18.3 Å². The zero-order chi connectivity index (χ0) is 21.5. The van der Waals surface area contributed by atoms with Crippen molar-refractivity contribution in [3.05, 3.63) is 35.4 Å². The van der Waals surface area contributed by atoms with Crippen molar-refractivity contribution in [1.82, 2.24) is 0 Å². The summed E-state index contributed by atoms with van der Waals surface area (Å²) in [5.74, 6) is 0. The maximum atomic E-state index is 2.54. The Hall–Kier alpha value is -0.0900. The zero-order valence-electron chi connectivity index (χ0n) is 21.2. The molecule has 2 fully saturated rings. The van der Waals surface area contributed by atoms with Crippen LogP contribution in [0.3, 0.4) is 0 Å². The summed E-state index contributed by atoms with van der Waals surface area (Å²) in [4.78, 5) is 0. The molecule has 0 spiro atoms. The number of benzene rings is 1. The van der Waals surface area contributed by atoms with Gasteiger partial charge in [-0.05, 0) is 60.5 Å². The van der Waals surface area contributed by atoms with Crippen molar-refractivity contribution < 1.29 is 28.5 Å². The van der Waals surface area contributed by atoms with Crippen LogP contribution in [0, 0.1) is 5.41 Å². The third-order valence-corrected chi connectivity index (χ3v) is 9.00. The molecule has 2 aliphatic rings. The Balaban J connectivity index is 0.00000320. The van der Waals surface area contributed by atoms with Crippen molar-refractivity contribution in [1.29, 1.82) is 0 Å². The van der Waals surface area contributed by atoms with E-state index < -0.39 is 0 Å². The molecule has 0 bridgehead atoms. The number of hydrogen-bond donors (Lipinski definition) is 0. The molecule has 0 aliphatic heterocycles. The quantitative estimate of drug-likeness (QED) is 0.399. The Morgan fingerprint density at radius 3 is 1.63 bits per heavy atom. The standard InChI is InChI=1S/C28H48N.HI/c1-26(2,3)22-14-16-23(17-15-22)28(27(4,5)6)20-18-25(19-21-28)29(7,8)24-12-10-9-11-13-24;/h14-17,24-25H,9-13,18-21H2,1-8H3;1H/q+1;/p-1. The lowest BCUT2D eigenvalue weighted by Gasteiger charge is -2.54. The van der Waals surface area contributed by atoms with Crippen LogP contribution in [0.1, 0.15) is 110 Å². The molecule has 0 aromatic heterocycles. The summed E-state index contributed by atoms with van der Waals surface area (Å²) >= 11 is 0. The summed E-state index contributed by atoms with van der Waals surface area (Å²) in [6, 6.07) is 11.5. The summed E-state index contributed by atoms with van der Waals surface area (Å²) in [6.45, 7) is 14.4. The summed E-state index contributed by atoms with van der Waals surface area (Å²) < 4.78 is 1.27. The molecule has 0 N–H and O–H groups in total. The van der Waals surface area contributed by atoms with Crippen LogP contribution in [0.2, 0.25) is 0 Å². The van der Waals surface area contributed by atoms with Crippen LogP contribution >= 0.6 is 0 Å².